The van der Waals surface area contributed by atoms with Crippen LogP contribution in [0.4, 0.5) is 5.69 Å². The Morgan fingerprint density at radius 2 is 2.24 bits per heavy atom. The second kappa shape index (κ2) is 5.38. The van der Waals surface area contributed by atoms with E-state index in [0.717, 1.165) is 10.0 Å². The standard InChI is InChI=1S/C12H14BrClN2O/c1-7-4-9(13)11(5-10(7)14)16-12(17)6-15-8-2-3-8/h4-5,8,15H,2-3,6H2,1H3,(H,16,17). The second-order valence-corrected chi connectivity index (χ2v) is 5.55. The molecule has 0 aromatic heterocycles. The quantitative estimate of drug-likeness (QED) is 0.896. The molecule has 0 atom stereocenters. The maximum absolute atomic E-state index is 11.7. The number of carbonyl (C=O) groups is 1. The van der Waals surface area contributed by atoms with Gasteiger partial charge in [-0.25, -0.2) is 0 Å². The van der Waals surface area contributed by atoms with Gasteiger partial charge in [-0.1, -0.05) is 11.6 Å². The van der Waals surface area contributed by atoms with Crippen molar-refractivity contribution in [3.63, 3.8) is 0 Å². The molecule has 17 heavy (non-hydrogen) atoms. The van der Waals surface area contributed by atoms with Gasteiger partial charge in [-0.15, -0.1) is 0 Å². The number of halogens is 2. The van der Waals surface area contributed by atoms with E-state index in [2.05, 4.69) is 26.6 Å². The number of anilines is 1. The molecule has 1 fully saturated rings. The summed E-state index contributed by atoms with van der Waals surface area (Å²) in [6, 6.07) is 4.19. The van der Waals surface area contributed by atoms with Gasteiger partial charge in [0, 0.05) is 15.5 Å². The summed E-state index contributed by atoms with van der Waals surface area (Å²) < 4.78 is 0.846. The van der Waals surface area contributed by atoms with Crippen molar-refractivity contribution in [1.82, 2.24) is 5.32 Å². The smallest absolute Gasteiger partial charge is 0.238 e. The molecule has 3 nitrogen and oxygen atoms in total. The molecule has 0 spiro atoms. The molecule has 5 heteroatoms. The van der Waals surface area contributed by atoms with Gasteiger partial charge in [0.05, 0.1) is 12.2 Å². The SMILES string of the molecule is Cc1cc(Br)c(NC(=O)CNC2CC2)cc1Cl. The maximum Gasteiger partial charge on any atom is 0.238 e. The monoisotopic (exact) mass is 316 g/mol. The third-order valence-corrected chi connectivity index (χ3v) is 3.71. The largest absolute Gasteiger partial charge is 0.324 e. The van der Waals surface area contributed by atoms with Gasteiger partial charge in [-0.3, -0.25) is 4.79 Å². The van der Waals surface area contributed by atoms with Crippen LogP contribution in [-0.4, -0.2) is 18.5 Å². The van der Waals surface area contributed by atoms with Crippen molar-refractivity contribution >= 4 is 39.1 Å². The molecular formula is C12H14BrClN2O. The van der Waals surface area contributed by atoms with Crippen molar-refractivity contribution in [2.24, 2.45) is 0 Å². The van der Waals surface area contributed by atoms with Crippen LogP contribution in [0.1, 0.15) is 18.4 Å². The zero-order valence-electron chi connectivity index (χ0n) is 9.52. The highest BCUT2D eigenvalue weighted by Gasteiger charge is 2.21. The van der Waals surface area contributed by atoms with E-state index in [-0.39, 0.29) is 5.91 Å². The summed E-state index contributed by atoms with van der Waals surface area (Å²) in [5.74, 6) is -0.0440. The van der Waals surface area contributed by atoms with Crippen molar-refractivity contribution < 1.29 is 4.79 Å². The van der Waals surface area contributed by atoms with Crippen molar-refractivity contribution in [1.29, 1.82) is 0 Å². The summed E-state index contributed by atoms with van der Waals surface area (Å²) in [7, 11) is 0. The minimum Gasteiger partial charge on any atom is -0.324 e. The Hall–Kier alpha value is -0.580. The second-order valence-electron chi connectivity index (χ2n) is 4.28. The van der Waals surface area contributed by atoms with Gasteiger partial charge in [0.25, 0.3) is 0 Å². The fourth-order valence-electron chi connectivity index (χ4n) is 1.46. The average molecular weight is 318 g/mol. The molecule has 0 radical (unpaired) electrons. The van der Waals surface area contributed by atoms with Crippen LogP contribution in [0.15, 0.2) is 16.6 Å². The van der Waals surface area contributed by atoms with Crippen LogP contribution in [0.2, 0.25) is 5.02 Å². The van der Waals surface area contributed by atoms with Crippen LogP contribution in [0, 0.1) is 6.92 Å². The number of nitrogens with one attached hydrogen (secondary N) is 2. The Labute approximate surface area is 114 Å². The number of aryl methyl sites for hydroxylation is 1. The van der Waals surface area contributed by atoms with Crippen LogP contribution in [0.3, 0.4) is 0 Å². The summed E-state index contributed by atoms with van der Waals surface area (Å²) in [6.45, 7) is 2.27. The van der Waals surface area contributed by atoms with E-state index in [1.807, 2.05) is 13.0 Å². The fraction of sp³-hybridized carbons (Fsp3) is 0.417. The first-order valence-corrected chi connectivity index (χ1v) is 6.72. The molecule has 0 unspecified atom stereocenters. The van der Waals surface area contributed by atoms with E-state index >= 15 is 0 Å². The minimum atomic E-state index is -0.0440. The number of hydrogen-bond donors (Lipinski definition) is 2. The molecule has 1 aromatic carbocycles. The zero-order valence-corrected chi connectivity index (χ0v) is 11.9. The van der Waals surface area contributed by atoms with Gasteiger partial charge in [-0.05, 0) is 53.4 Å². The molecule has 92 valence electrons. The lowest BCUT2D eigenvalue weighted by atomic mass is 10.2. The van der Waals surface area contributed by atoms with Gasteiger partial charge in [0.15, 0.2) is 0 Å². The molecule has 0 saturated heterocycles. The van der Waals surface area contributed by atoms with Crippen molar-refractivity contribution in [2.75, 3.05) is 11.9 Å². The number of hydrogen-bond acceptors (Lipinski definition) is 2. The van der Waals surface area contributed by atoms with E-state index in [9.17, 15) is 4.79 Å². The van der Waals surface area contributed by atoms with Crippen molar-refractivity contribution in [3.8, 4) is 0 Å². The van der Waals surface area contributed by atoms with E-state index in [1.54, 1.807) is 6.07 Å². The first-order chi connectivity index (χ1) is 8.06. The topological polar surface area (TPSA) is 41.1 Å². The molecule has 1 aliphatic rings. The molecule has 1 aliphatic carbocycles. The number of carbonyl (C=O) groups excluding carboxylic acids is 1. The third-order valence-electron chi connectivity index (χ3n) is 2.65. The van der Waals surface area contributed by atoms with Gasteiger partial charge in [0.1, 0.15) is 0 Å². The summed E-state index contributed by atoms with van der Waals surface area (Å²) >= 11 is 9.43. The Balaban J connectivity index is 1.96. The van der Waals surface area contributed by atoms with E-state index in [4.69, 9.17) is 11.6 Å². The molecule has 1 aromatic rings. The highest BCUT2D eigenvalue weighted by Crippen LogP contribution is 2.29. The Kier molecular flexibility index (Phi) is 4.07. The van der Waals surface area contributed by atoms with Gasteiger partial charge < -0.3 is 10.6 Å². The normalized spacial score (nSPS) is 14.8. The predicted octanol–water partition coefficient (Wildman–Crippen LogP) is 3.10. The van der Waals surface area contributed by atoms with Crippen LogP contribution in [0.25, 0.3) is 0 Å². The molecule has 2 N–H and O–H groups in total. The predicted molar refractivity (Wildman–Crippen MR) is 73.5 cm³/mol. The first-order valence-electron chi connectivity index (χ1n) is 5.55. The lowest BCUT2D eigenvalue weighted by Crippen LogP contribution is -2.29. The Bertz CT molecular complexity index is 446. The molecule has 0 heterocycles. The Morgan fingerprint density at radius 1 is 1.53 bits per heavy atom. The highest BCUT2D eigenvalue weighted by molar-refractivity contribution is 9.10. The molecule has 0 aliphatic heterocycles. The average Bonchev–Trinajstić information content (AvgIpc) is 3.07. The number of benzene rings is 1. The Morgan fingerprint density at radius 3 is 2.88 bits per heavy atom. The lowest BCUT2D eigenvalue weighted by Gasteiger charge is -2.10. The zero-order chi connectivity index (χ0) is 12.4. The van der Waals surface area contributed by atoms with E-state index in [1.165, 1.54) is 12.8 Å². The molecule has 1 saturated carbocycles. The van der Waals surface area contributed by atoms with Gasteiger partial charge >= 0.3 is 0 Å². The summed E-state index contributed by atoms with van der Waals surface area (Å²) in [5.41, 5.74) is 1.69. The first kappa shape index (κ1) is 12.9. The van der Waals surface area contributed by atoms with Gasteiger partial charge in [0.2, 0.25) is 5.91 Å². The molecule has 1 amide bonds. The fourth-order valence-corrected chi connectivity index (χ4v) is 2.18. The highest BCUT2D eigenvalue weighted by atomic mass is 79.9. The summed E-state index contributed by atoms with van der Waals surface area (Å²) in [4.78, 5) is 11.7. The van der Waals surface area contributed by atoms with Crippen molar-refractivity contribution in [2.45, 2.75) is 25.8 Å². The van der Waals surface area contributed by atoms with E-state index in [0.29, 0.717) is 23.3 Å². The molecular weight excluding hydrogens is 304 g/mol. The van der Waals surface area contributed by atoms with Crippen LogP contribution < -0.4 is 10.6 Å². The maximum atomic E-state index is 11.7. The lowest BCUT2D eigenvalue weighted by molar-refractivity contribution is -0.115. The third kappa shape index (κ3) is 3.69. The summed E-state index contributed by atoms with van der Waals surface area (Å²) in [5, 5.41) is 6.64. The number of rotatable bonds is 4. The molecule has 2 rings (SSSR count). The van der Waals surface area contributed by atoms with Crippen LogP contribution >= 0.6 is 27.5 Å². The molecule has 0 bridgehead atoms. The number of amides is 1. The van der Waals surface area contributed by atoms with E-state index < -0.39 is 0 Å². The van der Waals surface area contributed by atoms with Gasteiger partial charge in [-0.2, -0.15) is 0 Å². The minimum absolute atomic E-state index is 0.0440. The van der Waals surface area contributed by atoms with Crippen LogP contribution in [0.5, 0.6) is 0 Å². The van der Waals surface area contributed by atoms with Crippen molar-refractivity contribution in [3.05, 3.63) is 27.2 Å². The van der Waals surface area contributed by atoms with Crippen LogP contribution in [-0.2, 0) is 4.79 Å². The summed E-state index contributed by atoms with van der Waals surface area (Å²) in [6.07, 6.45) is 2.35.